The number of rotatable bonds is 6. The van der Waals surface area contributed by atoms with Gasteiger partial charge in [0.2, 0.25) is 0 Å². The van der Waals surface area contributed by atoms with Gasteiger partial charge in [0.1, 0.15) is 5.75 Å². The zero-order valence-corrected chi connectivity index (χ0v) is 14.1. The van der Waals surface area contributed by atoms with Gasteiger partial charge in [-0.05, 0) is 41.8 Å². The predicted molar refractivity (Wildman–Crippen MR) is 93.0 cm³/mol. The van der Waals surface area contributed by atoms with Gasteiger partial charge in [-0.25, -0.2) is 0 Å². The molecule has 0 aliphatic carbocycles. The maximum atomic E-state index is 11.8. The molecule has 2 amide bonds. The highest BCUT2D eigenvalue weighted by Gasteiger charge is 2.12. The van der Waals surface area contributed by atoms with Crippen molar-refractivity contribution in [1.29, 1.82) is 0 Å². The van der Waals surface area contributed by atoms with Crippen molar-refractivity contribution < 1.29 is 14.3 Å². The number of hydrogen-bond acceptors (Lipinski definition) is 3. The second kappa shape index (κ2) is 8.93. The van der Waals surface area contributed by atoms with E-state index in [1.807, 2.05) is 24.3 Å². The van der Waals surface area contributed by atoms with Crippen LogP contribution in [-0.2, 0) is 22.6 Å². The van der Waals surface area contributed by atoms with Crippen LogP contribution in [0.5, 0.6) is 5.75 Å². The Balaban J connectivity index is 1.73. The minimum absolute atomic E-state index is 0.277. The summed E-state index contributed by atoms with van der Waals surface area (Å²) in [5, 5.41) is 5.80. The van der Waals surface area contributed by atoms with Crippen LogP contribution in [0.2, 0.25) is 5.02 Å². The van der Waals surface area contributed by atoms with Gasteiger partial charge in [-0.1, -0.05) is 35.9 Å². The van der Waals surface area contributed by atoms with Crippen LogP contribution in [0.4, 0.5) is 0 Å². The number of halogens is 1. The average molecular weight is 347 g/mol. The molecule has 2 aromatic rings. The summed E-state index contributed by atoms with van der Waals surface area (Å²) in [6.07, 6.45) is 0.618. The molecule has 0 bridgehead atoms. The Morgan fingerprint density at radius 3 is 2.42 bits per heavy atom. The van der Waals surface area contributed by atoms with E-state index in [0.717, 1.165) is 16.9 Å². The van der Waals surface area contributed by atoms with Gasteiger partial charge in [0, 0.05) is 18.1 Å². The summed E-state index contributed by atoms with van der Waals surface area (Å²) in [7, 11) is 1.60. The first-order valence-corrected chi connectivity index (χ1v) is 7.89. The molecule has 0 aromatic heterocycles. The molecule has 0 aliphatic rings. The lowest BCUT2D eigenvalue weighted by Crippen LogP contribution is -2.40. The molecule has 5 nitrogen and oxygen atoms in total. The summed E-state index contributed by atoms with van der Waals surface area (Å²) in [6.45, 7) is 0.652. The molecule has 0 spiro atoms. The smallest absolute Gasteiger partial charge is 0.309 e. The van der Waals surface area contributed by atoms with Crippen LogP contribution in [0.1, 0.15) is 11.1 Å². The molecule has 0 fully saturated rings. The van der Waals surface area contributed by atoms with E-state index in [-0.39, 0.29) is 6.54 Å². The van der Waals surface area contributed by atoms with Gasteiger partial charge < -0.3 is 15.4 Å². The highest BCUT2D eigenvalue weighted by Crippen LogP contribution is 2.12. The number of benzene rings is 2. The largest absolute Gasteiger partial charge is 0.497 e. The summed E-state index contributed by atoms with van der Waals surface area (Å²) in [6, 6.07) is 14.6. The fourth-order valence-electron chi connectivity index (χ4n) is 2.09. The van der Waals surface area contributed by atoms with E-state index in [1.165, 1.54) is 0 Å². The van der Waals surface area contributed by atoms with Crippen molar-refractivity contribution in [3.05, 3.63) is 64.7 Å². The minimum atomic E-state index is -0.657. The summed E-state index contributed by atoms with van der Waals surface area (Å²) < 4.78 is 5.14. The van der Waals surface area contributed by atoms with Crippen LogP contribution >= 0.6 is 11.6 Å². The zero-order chi connectivity index (χ0) is 17.4. The van der Waals surface area contributed by atoms with Crippen molar-refractivity contribution in [2.75, 3.05) is 13.7 Å². The fourth-order valence-corrected chi connectivity index (χ4v) is 2.22. The normalized spacial score (nSPS) is 10.1. The first kappa shape index (κ1) is 17.8. The number of ether oxygens (including phenoxy) is 1. The third-order valence-electron chi connectivity index (χ3n) is 3.41. The van der Waals surface area contributed by atoms with Crippen molar-refractivity contribution in [2.45, 2.75) is 13.0 Å². The van der Waals surface area contributed by atoms with Crippen LogP contribution in [0.25, 0.3) is 0 Å². The molecule has 6 heteroatoms. The summed E-state index contributed by atoms with van der Waals surface area (Å²) in [5.74, 6) is -0.540. The molecule has 0 saturated heterocycles. The maximum Gasteiger partial charge on any atom is 0.309 e. The highest BCUT2D eigenvalue weighted by molar-refractivity contribution is 6.35. The van der Waals surface area contributed by atoms with E-state index < -0.39 is 11.8 Å². The van der Waals surface area contributed by atoms with E-state index >= 15 is 0 Å². The Labute approximate surface area is 146 Å². The summed E-state index contributed by atoms with van der Waals surface area (Å²) in [5.41, 5.74) is 1.90. The maximum absolute atomic E-state index is 11.8. The number of hydrogen-bond donors (Lipinski definition) is 2. The van der Waals surface area contributed by atoms with Gasteiger partial charge >= 0.3 is 11.8 Å². The molecule has 0 aliphatic heterocycles. The molecular formula is C18H19ClN2O3. The van der Waals surface area contributed by atoms with Gasteiger partial charge in [0.15, 0.2) is 0 Å². The minimum Gasteiger partial charge on any atom is -0.497 e. The van der Waals surface area contributed by atoms with Crippen molar-refractivity contribution in [3.8, 4) is 5.75 Å². The van der Waals surface area contributed by atoms with Crippen LogP contribution in [0.15, 0.2) is 48.5 Å². The van der Waals surface area contributed by atoms with Crippen molar-refractivity contribution in [2.24, 2.45) is 0 Å². The number of amides is 2. The molecule has 0 radical (unpaired) electrons. The molecular weight excluding hydrogens is 328 g/mol. The van der Waals surface area contributed by atoms with Crippen LogP contribution in [0.3, 0.4) is 0 Å². The van der Waals surface area contributed by atoms with Crippen molar-refractivity contribution >= 4 is 23.4 Å². The van der Waals surface area contributed by atoms with Crippen molar-refractivity contribution in [1.82, 2.24) is 10.6 Å². The molecule has 0 saturated carbocycles. The first-order valence-electron chi connectivity index (χ1n) is 7.52. The van der Waals surface area contributed by atoms with Gasteiger partial charge in [-0.3, -0.25) is 9.59 Å². The highest BCUT2D eigenvalue weighted by atomic mass is 35.5. The third kappa shape index (κ3) is 5.59. The van der Waals surface area contributed by atoms with Crippen LogP contribution < -0.4 is 15.4 Å². The Morgan fingerprint density at radius 2 is 1.71 bits per heavy atom. The van der Waals surface area contributed by atoms with E-state index in [9.17, 15) is 9.59 Å². The topological polar surface area (TPSA) is 67.4 Å². The average Bonchev–Trinajstić information content (AvgIpc) is 2.61. The lowest BCUT2D eigenvalue weighted by Gasteiger charge is -2.08. The monoisotopic (exact) mass is 346 g/mol. The predicted octanol–water partition coefficient (Wildman–Crippen LogP) is 2.32. The van der Waals surface area contributed by atoms with Gasteiger partial charge in [-0.15, -0.1) is 0 Å². The van der Waals surface area contributed by atoms with Crippen LogP contribution in [0, 0.1) is 0 Å². The standard InChI is InChI=1S/C18H19ClN2O3/c1-24-16-4-2-3-13(11-16)9-10-20-17(22)18(23)21-12-14-5-7-15(19)8-6-14/h2-8,11H,9-10,12H2,1H3,(H,20,22)(H,21,23). The molecule has 0 unspecified atom stereocenters. The SMILES string of the molecule is COc1cccc(CCNC(=O)C(=O)NCc2ccc(Cl)cc2)c1. The Bertz CT molecular complexity index is 702. The summed E-state index contributed by atoms with van der Waals surface area (Å²) >= 11 is 5.79. The second-order valence-electron chi connectivity index (χ2n) is 5.17. The summed E-state index contributed by atoms with van der Waals surface area (Å²) in [4.78, 5) is 23.5. The zero-order valence-electron chi connectivity index (χ0n) is 13.3. The van der Waals surface area contributed by atoms with E-state index in [0.29, 0.717) is 18.0 Å². The molecule has 24 heavy (non-hydrogen) atoms. The third-order valence-corrected chi connectivity index (χ3v) is 3.66. The fraction of sp³-hybridized carbons (Fsp3) is 0.222. The quantitative estimate of drug-likeness (QED) is 0.789. The van der Waals surface area contributed by atoms with Gasteiger partial charge in [0.05, 0.1) is 7.11 Å². The lowest BCUT2D eigenvalue weighted by molar-refractivity contribution is -0.139. The van der Waals surface area contributed by atoms with Gasteiger partial charge in [0.25, 0.3) is 0 Å². The molecule has 0 atom stereocenters. The second-order valence-corrected chi connectivity index (χ2v) is 5.60. The Morgan fingerprint density at radius 1 is 1.00 bits per heavy atom. The Kier molecular flexibility index (Phi) is 6.63. The number of methoxy groups -OCH3 is 1. The molecule has 126 valence electrons. The molecule has 2 N–H and O–H groups in total. The molecule has 0 heterocycles. The molecule has 2 aromatic carbocycles. The van der Waals surface area contributed by atoms with Crippen molar-refractivity contribution in [3.63, 3.8) is 0 Å². The van der Waals surface area contributed by atoms with E-state index in [4.69, 9.17) is 16.3 Å². The van der Waals surface area contributed by atoms with E-state index in [2.05, 4.69) is 10.6 Å². The first-order chi connectivity index (χ1) is 11.6. The molecule has 2 rings (SSSR count). The number of carbonyl (C=O) groups excluding carboxylic acids is 2. The number of nitrogens with one attached hydrogen (secondary N) is 2. The number of carbonyl (C=O) groups is 2. The lowest BCUT2D eigenvalue weighted by atomic mass is 10.1. The van der Waals surface area contributed by atoms with Gasteiger partial charge in [-0.2, -0.15) is 0 Å². The Hall–Kier alpha value is -2.53. The van der Waals surface area contributed by atoms with Crippen LogP contribution in [-0.4, -0.2) is 25.5 Å². The van der Waals surface area contributed by atoms with E-state index in [1.54, 1.807) is 31.4 Å².